The predicted molar refractivity (Wildman–Crippen MR) is 69.8 cm³/mol. The first-order chi connectivity index (χ1) is 7.99. The van der Waals surface area contributed by atoms with E-state index >= 15 is 0 Å². The van der Waals surface area contributed by atoms with Gasteiger partial charge in [-0.05, 0) is 32.9 Å². The second-order valence-corrected chi connectivity index (χ2v) is 4.27. The topological polar surface area (TPSA) is 80.0 Å². The van der Waals surface area contributed by atoms with Gasteiger partial charge < -0.3 is 16.4 Å². The fourth-order valence-electron chi connectivity index (χ4n) is 1.37. The highest BCUT2D eigenvalue weighted by atomic mass is 16.1. The Labute approximate surface area is 102 Å². The summed E-state index contributed by atoms with van der Waals surface area (Å²) in [5.41, 5.74) is 7.13. The van der Waals surface area contributed by atoms with Crippen LogP contribution in [0.4, 0.5) is 11.5 Å². The monoisotopic (exact) mass is 236 g/mol. The molecule has 0 saturated heterocycles. The number of hydrogen-bond donors (Lipinski definition) is 3. The lowest BCUT2D eigenvalue weighted by atomic mass is 10.3. The molecule has 0 aliphatic rings. The molecule has 0 unspecified atom stereocenters. The van der Waals surface area contributed by atoms with Crippen molar-refractivity contribution < 1.29 is 4.79 Å². The number of rotatable bonds is 5. The zero-order chi connectivity index (χ0) is 12.8. The Hall–Kier alpha value is -1.78. The van der Waals surface area contributed by atoms with E-state index in [1.165, 1.54) is 0 Å². The van der Waals surface area contributed by atoms with Crippen molar-refractivity contribution in [1.29, 1.82) is 0 Å². The van der Waals surface area contributed by atoms with Crippen molar-refractivity contribution in [1.82, 2.24) is 10.3 Å². The molecule has 0 aromatic carbocycles. The molecule has 4 N–H and O–H groups in total. The van der Waals surface area contributed by atoms with Gasteiger partial charge in [0.1, 0.15) is 5.82 Å². The van der Waals surface area contributed by atoms with Gasteiger partial charge in [-0.3, -0.25) is 4.79 Å². The highest BCUT2D eigenvalue weighted by molar-refractivity contribution is 5.76. The van der Waals surface area contributed by atoms with Crippen LogP contribution >= 0.6 is 0 Å². The maximum Gasteiger partial charge on any atom is 0.221 e. The van der Waals surface area contributed by atoms with Gasteiger partial charge in [-0.25, -0.2) is 4.98 Å². The molecule has 0 saturated carbocycles. The Kier molecular flexibility index (Phi) is 4.75. The molecule has 1 aromatic rings. The van der Waals surface area contributed by atoms with Crippen LogP contribution in [0.1, 0.15) is 26.0 Å². The smallest absolute Gasteiger partial charge is 0.221 e. The van der Waals surface area contributed by atoms with Gasteiger partial charge in [-0.2, -0.15) is 0 Å². The largest absolute Gasteiger partial charge is 0.397 e. The summed E-state index contributed by atoms with van der Waals surface area (Å²) in [7, 11) is 0. The molecular formula is C12H20N4O. The summed E-state index contributed by atoms with van der Waals surface area (Å²) in [6.45, 7) is 6.30. The fraction of sp³-hybridized carbons (Fsp3) is 0.500. The lowest BCUT2D eigenvalue weighted by Crippen LogP contribution is -2.31. The molecule has 5 heteroatoms. The molecule has 5 nitrogen and oxygen atoms in total. The maximum absolute atomic E-state index is 11.4. The Bertz CT molecular complexity index is 390. The molecule has 0 fully saturated rings. The summed E-state index contributed by atoms with van der Waals surface area (Å²) in [6, 6.07) is 3.79. The van der Waals surface area contributed by atoms with Gasteiger partial charge in [0.05, 0.1) is 11.4 Å². The molecule has 1 amide bonds. The predicted octanol–water partition coefficient (Wildman–Crippen LogP) is 1.30. The molecule has 1 aromatic heterocycles. The number of hydrogen-bond acceptors (Lipinski definition) is 4. The third kappa shape index (κ3) is 4.72. The van der Waals surface area contributed by atoms with Gasteiger partial charge in [0, 0.05) is 19.0 Å². The van der Waals surface area contributed by atoms with Gasteiger partial charge in [-0.15, -0.1) is 0 Å². The van der Waals surface area contributed by atoms with Crippen molar-refractivity contribution in [2.45, 2.75) is 33.2 Å². The van der Waals surface area contributed by atoms with Crippen molar-refractivity contribution in [3.8, 4) is 0 Å². The molecule has 0 spiro atoms. The van der Waals surface area contributed by atoms with E-state index in [0.717, 1.165) is 11.5 Å². The summed E-state index contributed by atoms with van der Waals surface area (Å²) < 4.78 is 0. The van der Waals surface area contributed by atoms with Crippen LogP contribution in [0.3, 0.4) is 0 Å². The number of aromatic nitrogens is 1. The Morgan fingerprint density at radius 1 is 1.47 bits per heavy atom. The van der Waals surface area contributed by atoms with E-state index in [1.807, 2.05) is 26.8 Å². The number of nitrogen functional groups attached to an aromatic ring is 1. The van der Waals surface area contributed by atoms with Gasteiger partial charge in [-0.1, -0.05) is 0 Å². The van der Waals surface area contributed by atoms with E-state index in [4.69, 9.17) is 5.73 Å². The zero-order valence-corrected chi connectivity index (χ0v) is 10.6. The highest BCUT2D eigenvalue weighted by Crippen LogP contribution is 2.11. The van der Waals surface area contributed by atoms with Crippen molar-refractivity contribution in [3.05, 3.63) is 17.8 Å². The molecule has 0 aliphatic carbocycles. The first kappa shape index (κ1) is 13.3. The van der Waals surface area contributed by atoms with Crippen LogP contribution < -0.4 is 16.4 Å². The molecule has 0 aliphatic heterocycles. The second kappa shape index (κ2) is 6.08. The molecule has 0 atom stereocenters. The van der Waals surface area contributed by atoms with E-state index in [2.05, 4.69) is 15.6 Å². The molecular weight excluding hydrogens is 216 g/mol. The lowest BCUT2D eigenvalue weighted by Gasteiger charge is -2.09. The van der Waals surface area contributed by atoms with E-state index < -0.39 is 0 Å². The van der Waals surface area contributed by atoms with E-state index in [9.17, 15) is 4.79 Å². The molecule has 0 radical (unpaired) electrons. The van der Waals surface area contributed by atoms with E-state index in [-0.39, 0.29) is 11.9 Å². The van der Waals surface area contributed by atoms with Crippen LogP contribution in [0.5, 0.6) is 0 Å². The van der Waals surface area contributed by atoms with Crippen LogP contribution in [0.15, 0.2) is 12.1 Å². The van der Waals surface area contributed by atoms with Crippen molar-refractivity contribution in [2.24, 2.45) is 0 Å². The minimum absolute atomic E-state index is 0.0414. The van der Waals surface area contributed by atoms with Gasteiger partial charge >= 0.3 is 0 Å². The SMILES string of the molecule is Cc1nc(NCCC(=O)NC(C)C)ccc1N. The molecule has 0 bridgehead atoms. The third-order valence-electron chi connectivity index (χ3n) is 2.23. The number of nitrogens with one attached hydrogen (secondary N) is 2. The van der Waals surface area contributed by atoms with Crippen molar-refractivity contribution >= 4 is 17.4 Å². The van der Waals surface area contributed by atoms with Crippen LogP contribution in [-0.2, 0) is 4.79 Å². The highest BCUT2D eigenvalue weighted by Gasteiger charge is 2.03. The number of pyridine rings is 1. The number of nitrogens with zero attached hydrogens (tertiary/aromatic N) is 1. The Balaban J connectivity index is 2.36. The summed E-state index contributed by atoms with van der Waals surface area (Å²) in [5.74, 6) is 0.786. The number of nitrogens with two attached hydrogens (primary N) is 1. The average Bonchev–Trinajstić information content (AvgIpc) is 2.22. The standard InChI is InChI=1S/C12H20N4O/c1-8(2)15-12(17)6-7-14-11-5-4-10(13)9(3)16-11/h4-5,8H,6-7,13H2,1-3H3,(H,14,16)(H,15,17). The Morgan fingerprint density at radius 3 is 2.76 bits per heavy atom. The summed E-state index contributed by atoms with van der Waals surface area (Å²) in [6.07, 6.45) is 0.434. The number of carbonyl (C=O) groups is 1. The van der Waals surface area contributed by atoms with Gasteiger partial charge in [0.2, 0.25) is 5.91 Å². The fourth-order valence-corrected chi connectivity index (χ4v) is 1.37. The summed E-state index contributed by atoms with van der Waals surface area (Å²) in [4.78, 5) is 15.6. The lowest BCUT2D eigenvalue weighted by molar-refractivity contribution is -0.121. The van der Waals surface area contributed by atoms with Crippen LogP contribution in [0.2, 0.25) is 0 Å². The number of aryl methyl sites for hydroxylation is 1. The zero-order valence-electron chi connectivity index (χ0n) is 10.6. The van der Waals surface area contributed by atoms with Crippen molar-refractivity contribution in [2.75, 3.05) is 17.6 Å². The number of carbonyl (C=O) groups excluding carboxylic acids is 1. The summed E-state index contributed by atoms with van der Waals surface area (Å²) >= 11 is 0. The van der Waals surface area contributed by atoms with Crippen LogP contribution in [0, 0.1) is 6.92 Å². The van der Waals surface area contributed by atoms with Crippen LogP contribution in [-0.4, -0.2) is 23.5 Å². The molecule has 1 rings (SSSR count). The summed E-state index contributed by atoms with van der Waals surface area (Å²) in [5, 5.41) is 5.92. The minimum Gasteiger partial charge on any atom is -0.397 e. The third-order valence-corrected chi connectivity index (χ3v) is 2.23. The first-order valence-electron chi connectivity index (χ1n) is 5.75. The normalized spacial score (nSPS) is 10.4. The van der Waals surface area contributed by atoms with Gasteiger partial charge in [0.15, 0.2) is 0 Å². The minimum atomic E-state index is 0.0414. The van der Waals surface area contributed by atoms with Crippen molar-refractivity contribution in [3.63, 3.8) is 0 Å². The molecule has 94 valence electrons. The number of amides is 1. The average molecular weight is 236 g/mol. The van der Waals surface area contributed by atoms with Crippen LogP contribution in [0.25, 0.3) is 0 Å². The quantitative estimate of drug-likeness (QED) is 0.720. The molecule has 1 heterocycles. The van der Waals surface area contributed by atoms with E-state index in [1.54, 1.807) is 6.07 Å². The maximum atomic E-state index is 11.4. The second-order valence-electron chi connectivity index (χ2n) is 4.27. The van der Waals surface area contributed by atoms with E-state index in [0.29, 0.717) is 18.7 Å². The number of anilines is 2. The molecule has 17 heavy (non-hydrogen) atoms. The van der Waals surface area contributed by atoms with Gasteiger partial charge in [0.25, 0.3) is 0 Å². The Morgan fingerprint density at radius 2 is 2.18 bits per heavy atom. The first-order valence-corrected chi connectivity index (χ1v) is 5.75.